The zero-order chi connectivity index (χ0) is 31.5. The average molecular weight is 543 g/mol. The van der Waals surface area contributed by atoms with E-state index in [0.717, 1.165) is 13.8 Å². The lowest BCUT2D eigenvalue weighted by Gasteiger charge is -2.05. The first-order valence-corrected chi connectivity index (χ1v) is 13.4. The molecule has 0 aliphatic rings. The standard InChI is InChI=1S/C7H8.C5H12.C3H6F2.C3H4.C2H6O.6C2H6.2CH4/c1-7-5-3-2-4-6-7;1-5(2,3)4;1-3(2,4)5;2*1-3-2;6*1-2;;/h2-6H,1H3;1-4H3;1-2H3;1H,2H3;1-2H3;6*1-2H3;2*1H4. The molecule has 0 spiro atoms. The van der Waals surface area contributed by atoms with Gasteiger partial charge in [-0.2, -0.15) is 0 Å². The van der Waals surface area contributed by atoms with Gasteiger partial charge in [0.2, 0.25) is 5.92 Å². The number of hydrogen-bond donors (Lipinski definition) is 0. The van der Waals surface area contributed by atoms with Crippen molar-refractivity contribution in [3.63, 3.8) is 0 Å². The first-order chi connectivity index (χ1) is 16.2. The van der Waals surface area contributed by atoms with Crippen molar-refractivity contribution in [1.29, 1.82) is 0 Å². The Morgan fingerprint density at radius 2 is 0.730 bits per heavy atom. The first kappa shape index (κ1) is 76.5. The van der Waals surface area contributed by atoms with Gasteiger partial charge in [0.25, 0.3) is 0 Å². The Bertz CT molecular complexity index is 332. The molecule has 0 fully saturated rings. The minimum Gasteiger partial charge on any atom is -0.388 e. The van der Waals surface area contributed by atoms with E-state index in [4.69, 9.17) is 0 Å². The molecule has 0 radical (unpaired) electrons. The Morgan fingerprint density at radius 3 is 0.784 bits per heavy atom. The molecule has 1 rings (SSSR count). The van der Waals surface area contributed by atoms with Crippen molar-refractivity contribution in [1.82, 2.24) is 0 Å². The van der Waals surface area contributed by atoms with Crippen LogP contribution >= 0.6 is 0 Å². The molecule has 0 N–H and O–H groups in total. The maximum atomic E-state index is 11.0. The number of hydrogen-bond acceptors (Lipinski definition) is 1. The molecule has 0 saturated heterocycles. The van der Waals surface area contributed by atoms with Crippen LogP contribution in [0.15, 0.2) is 30.3 Å². The third-order valence-corrected chi connectivity index (χ3v) is 0.940. The van der Waals surface area contributed by atoms with Crippen LogP contribution in [0.4, 0.5) is 8.78 Å². The number of benzene rings is 1. The second kappa shape index (κ2) is 92.0. The lowest BCUT2D eigenvalue weighted by atomic mass is 10.0. The summed E-state index contributed by atoms with van der Waals surface area (Å²) >= 11 is 0. The molecule has 1 aromatic rings. The van der Waals surface area contributed by atoms with Gasteiger partial charge < -0.3 is 4.74 Å². The summed E-state index contributed by atoms with van der Waals surface area (Å²) in [5, 5.41) is 0. The molecule has 0 atom stereocenters. The van der Waals surface area contributed by atoms with Crippen molar-refractivity contribution in [2.24, 2.45) is 5.41 Å². The quantitative estimate of drug-likeness (QED) is 0.296. The summed E-state index contributed by atoms with van der Waals surface area (Å²) in [6.07, 6.45) is 4.60. The van der Waals surface area contributed by atoms with Gasteiger partial charge in [0.05, 0.1) is 0 Å². The first-order valence-electron chi connectivity index (χ1n) is 13.4. The van der Waals surface area contributed by atoms with Gasteiger partial charge >= 0.3 is 0 Å². The fourth-order valence-electron chi connectivity index (χ4n) is 0.534. The molecule has 0 aliphatic heterocycles. The number of aryl methyl sites for hydroxylation is 1. The molecule has 0 aliphatic carbocycles. The predicted molar refractivity (Wildman–Crippen MR) is 182 cm³/mol. The second-order valence-electron chi connectivity index (χ2n) is 6.68. The van der Waals surface area contributed by atoms with Crippen molar-refractivity contribution < 1.29 is 13.5 Å². The zero-order valence-corrected chi connectivity index (χ0v) is 28.6. The van der Waals surface area contributed by atoms with Crippen LogP contribution in [0.5, 0.6) is 0 Å². The van der Waals surface area contributed by atoms with E-state index in [2.05, 4.69) is 63.8 Å². The van der Waals surface area contributed by atoms with Crippen molar-refractivity contribution >= 4 is 0 Å². The molecule has 0 bridgehead atoms. The third kappa shape index (κ3) is 844. The van der Waals surface area contributed by atoms with Crippen LogP contribution in [0.25, 0.3) is 0 Å². The number of methoxy groups -OCH3 is 1. The molecule has 0 aromatic heterocycles. The highest BCUT2D eigenvalue weighted by Gasteiger charge is 2.08. The average Bonchev–Trinajstić information content (AvgIpc) is 2.81. The van der Waals surface area contributed by atoms with Crippen LogP contribution in [-0.4, -0.2) is 20.1 Å². The van der Waals surface area contributed by atoms with E-state index in [-0.39, 0.29) is 14.9 Å². The monoisotopic (exact) mass is 543 g/mol. The summed E-state index contributed by atoms with van der Waals surface area (Å²) in [4.78, 5) is 0. The van der Waals surface area contributed by atoms with Crippen LogP contribution < -0.4 is 0 Å². The molecule has 3 heteroatoms. The lowest BCUT2D eigenvalue weighted by molar-refractivity contribution is 0.0437. The Hall–Kier alpha value is -1.40. The van der Waals surface area contributed by atoms with Crippen LogP contribution in [0.1, 0.15) is 152 Å². The minimum atomic E-state index is -2.50. The van der Waals surface area contributed by atoms with E-state index < -0.39 is 5.92 Å². The summed E-state index contributed by atoms with van der Waals surface area (Å²) in [7, 11) is 3.25. The summed E-state index contributed by atoms with van der Waals surface area (Å²) in [5.74, 6) is -0.250. The lowest BCUT2D eigenvalue weighted by Crippen LogP contribution is -1.98. The SMILES string of the molecule is C.C.C#CC.CC.CC.CC.CC.CC.CC.CC(C)(C)C.CC(C)(F)F.COC.Cc1ccccc1. The number of alkyl halides is 2. The third-order valence-electron chi connectivity index (χ3n) is 0.940. The molecular formula is C34H80F2O. The summed E-state index contributed by atoms with van der Waals surface area (Å²) < 4.78 is 26.3. The van der Waals surface area contributed by atoms with Gasteiger partial charge in [-0.15, -0.1) is 12.3 Å². The van der Waals surface area contributed by atoms with E-state index >= 15 is 0 Å². The number of rotatable bonds is 0. The van der Waals surface area contributed by atoms with Crippen molar-refractivity contribution in [3.8, 4) is 12.3 Å². The van der Waals surface area contributed by atoms with E-state index in [9.17, 15) is 8.78 Å². The number of terminal acetylenes is 1. The maximum Gasteiger partial charge on any atom is 0.242 e. The van der Waals surface area contributed by atoms with Crippen LogP contribution in [-0.2, 0) is 4.74 Å². The fraction of sp³-hybridized carbons (Fsp3) is 0.765. The topological polar surface area (TPSA) is 9.23 Å². The molecular weight excluding hydrogens is 462 g/mol. The van der Waals surface area contributed by atoms with Crippen LogP contribution in [0, 0.1) is 24.7 Å². The highest BCUT2D eigenvalue weighted by Crippen LogP contribution is 2.08. The largest absolute Gasteiger partial charge is 0.388 e. The predicted octanol–water partition coefficient (Wildman–Crippen LogP) is 14.0. The molecule has 0 unspecified atom stereocenters. The normalized spacial score (nSPS) is 6.57. The highest BCUT2D eigenvalue weighted by molar-refractivity contribution is 5.11. The Morgan fingerprint density at radius 1 is 0.622 bits per heavy atom. The fourth-order valence-corrected chi connectivity index (χ4v) is 0.534. The van der Waals surface area contributed by atoms with Gasteiger partial charge in [0.15, 0.2) is 0 Å². The second-order valence-corrected chi connectivity index (χ2v) is 6.68. The highest BCUT2D eigenvalue weighted by atomic mass is 19.3. The van der Waals surface area contributed by atoms with Gasteiger partial charge in [-0.3, -0.25) is 0 Å². The summed E-state index contributed by atoms with van der Waals surface area (Å²) in [6, 6.07) is 10.3. The van der Waals surface area contributed by atoms with E-state index in [1.54, 1.807) is 21.1 Å². The smallest absolute Gasteiger partial charge is 0.242 e. The number of ether oxygens (including phenoxy) is 1. The summed E-state index contributed by atoms with van der Waals surface area (Å²) in [6.45, 7) is 38.2. The van der Waals surface area contributed by atoms with E-state index in [1.807, 2.05) is 101 Å². The van der Waals surface area contributed by atoms with Gasteiger partial charge in [0, 0.05) is 14.2 Å². The van der Waals surface area contributed by atoms with Gasteiger partial charge in [-0.25, -0.2) is 8.78 Å². The van der Waals surface area contributed by atoms with Crippen molar-refractivity contribution in [2.75, 3.05) is 14.2 Å². The van der Waals surface area contributed by atoms with Crippen molar-refractivity contribution in [3.05, 3.63) is 35.9 Å². The minimum absolute atomic E-state index is 0. The van der Waals surface area contributed by atoms with Gasteiger partial charge in [-0.05, 0) is 33.1 Å². The molecule has 37 heavy (non-hydrogen) atoms. The van der Waals surface area contributed by atoms with Gasteiger partial charge in [0.1, 0.15) is 0 Å². The number of halogens is 2. The Balaban J connectivity index is -0.0000000193. The van der Waals surface area contributed by atoms with E-state index in [0.29, 0.717) is 5.41 Å². The molecule has 1 nitrogen and oxygen atoms in total. The molecule has 0 saturated carbocycles. The Kier molecular flexibility index (Phi) is 190. The Labute approximate surface area is 240 Å². The zero-order valence-electron chi connectivity index (χ0n) is 28.6. The van der Waals surface area contributed by atoms with Crippen LogP contribution in [0.2, 0.25) is 0 Å². The summed E-state index contributed by atoms with van der Waals surface area (Å²) in [5.41, 5.74) is 1.82. The molecule has 236 valence electrons. The van der Waals surface area contributed by atoms with Crippen molar-refractivity contribution in [2.45, 2.75) is 159 Å². The molecule has 0 amide bonds. The molecule has 0 heterocycles. The van der Waals surface area contributed by atoms with E-state index in [1.165, 1.54) is 5.56 Å². The maximum absolute atomic E-state index is 11.0. The van der Waals surface area contributed by atoms with Gasteiger partial charge in [-0.1, -0.05) is 162 Å². The van der Waals surface area contributed by atoms with Crippen LogP contribution in [0.3, 0.4) is 0 Å². The molecule has 1 aromatic carbocycles.